The van der Waals surface area contributed by atoms with Crippen molar-refractivity contribution in [1.82, 2.24) is 15.2 Å². The second-order valence-electron chi connectivity index (χ2n) is 6.17. The largest absolute Gasteiger partial charge is 0.393 e. The quantitative estimate of drug-likeness (QED) is 0.755. The van der Waals surface area contributed by atoms with Crippen LogP contribution in [-0.2, 0) is 0 Å². The van der Waals surface area contributed by atoms with E-state index in [9.17, 15) is 9.90 Å². The van der Waals surface area contributed by atoms with Crippen LogP contribution in [0.2, 0.25) is 0 Å². The van der Waals surface area contributed by atoms with Crippen LogP contribution in [0.4, 0.5) is 16.3 Å². The Bertz CT molecular complexity index is 527. The van der Waals surface area contributed by atoms with Crippen LogP contribution >= 0.6 is 0 Å². The third-order valence-corrected chi connectivity index (χ3v) is 3.96. The van der Waals surface area contributed by atoms with E-state index >= 15 is 0 Å². The Morgan fingerprint density at radius 2 is 2.09 bits per heavy atom. The van der Waals surface area contributed by atoms with Crippen molar-refractivity contribution in [3.8, 4) is 0 Å². The van der Waals surface area contributed by atoms with Crippen LogP contribution in [-0.4, -0.2) is 67.4 Å². The molecule has 0 aliphatic carbocycles. The van der Waals surface area contributed by atoms with Crippen molar-refractivity contribution in [2.45, 2.75) is 25.9 Å². The van der Waals surface area contributed by atoms with Gasteiger partial charge in [0.25, 0.3) is 0 Å². The van der Waals surface area contributed by atoms with Gasteiger partial charge in [0.1, 0.15) is 0 Å². The smallest absolute Gasteiger partial charge is 0.319 e. The average molecular weight is 321 g/mol. The Hall–Kier alpha value is -1.86. The van der Waals surface area contributed by atoms with Gasteiger partial charge in [-0.05, 0) is 31.9 Å². The molecule has 0 bridgehead atoms. The number of aliphatic hydroxyl groups excluding tert-OH is 1. The third kappa shape index (κ3) is 5.37. The first-order chi connectivity index (χ1) is 11.0. The highest BCUT2D eigenvalue weighted by Crippen LogP contribution is 2.21. The van der Waals surface area contributed by atoms with E-state index in [0.29, 0.717) is 12.2 Å². The lowest BCUT2D eigenvalue weighted by Crippen LogP contribution is -2.41. The summed E-state index contributed by atoms with van der Waals surface area (Å²) >= 11 is 0. The number of nitrogens with one attached hydrogen (secondary N) is 2. The monoisotopic (exact) mass is 321 g/mol. The maximum absolute atomic E-state index is 12.0. The van der Waals surface area contributed by atoms with Gasteiger partial charge in [-0.2, -0.15) is 0 Å². The Kier molecular flexibility index (Phi) is 6.18. The van der Waals surface area contributed by atoms with Crippen LogP contribution in [0.5, 0.6) is 0 Å². The molecule has 2 heterocycles. The van der Waals surface area contributed by atoms with E-state index in [1.165, 1.54) is 0 Å². The van der Waals surface area contributed by atoms with Crippen molar-refractivity contribution in [3.05, 3.63) is 17.8 Å². The molecule has 1 aliphatic heterocycles. The number of anilines is 2. The molecule has 1 fully saturated rings. The van der Waals surface area contributed by atoms with Gasteiger partial charge in [0.15, 0.2) is 5.82 Å². The first-order valence-electron chi connectivity index (χ1n) is 8.06. The Morgan fingerprint density at radius 3 is 2.74 bits per heavy atom. The first-order valence-corrected chi connectivity index (χ1v) is 8.06. The standard InChI is InChI=1S/C16H27N5O2/c1-12-4-5-14(15(18-12)20(2)3)19-16(23)17-8-11-21-9-6-13(22)7-10-21/h4-5,13,22H,6-11H2,1-3H3,(H2,17,19,23). The Balaban J connectivity index is 1.79. The molecule has 1 saturated heterocycles. The maximum atomic E-state index is 12.0. The predicted octanol–water partition coefficient (Wildman–Crippen LogP) is 1.03. The van der Waals surface area contributed by atoms with Crippen molar-refractivity contribution >= 4 is 17.5 Å². The van der Waals surface area contributed by atoms with Crippen LogP contribution < -0.4 is 15.5 Å². The fraction of sp³-hybridized carbons (Fsp3) is 0.625. The molecule has 7 heteroatoms. The first kappa shape index (κ1) is 17.5. The Labute approximate surface area is 137 Å². The lowest BCUT2D eigenvalue weighted by Gasteiger charge is -2.29. The molecule has 0 radical (unpaired) electrons. The van der Waals surface area contributed by atoms with Crippen LogP contribution in [0.15, 0.2) is 12.1 Å². The van der Waals surface area contributed by atoms with Crippen molar-refractivity contribution < 1.29 is 9.90 Å². The molecule has 0 spiro atoms. The van der Waals surface area contributed by atoms with Gasteiger partial charge in [-0.1, -0.05) is 0 Å². The van der Waals surface area contributed by atoms with Gasteiger partial charge in [0, 0.05) is 46.0 Å². The van der Waals surface area contributed by atoms with Crippen LogP contribution in [0.1, 0.15) is 18.5 Å². The van der Waals surface area contributed by atoms with Gasteiger partial charge in [0.2, 0.25) is 0 Å². The van der Waals surface area contributed by atoms with E-state index in [1.807, 2.05) is 38.1 Å². The third-order valence-electron chi connectivity index (χ3n) is 3.96. The van der Waals surface area contributed by atoms with E-state index in [0.717, 1.165) is 44.0 Å². The number of aromatic nitrogens is 1. The number of urea groups is 1. The van der Waals surface area contributed by atoms with Gasteiger partial charge in [-0.3, -0.25) is 0 Å². The lowest BCUT2D eigenvalue weighted by molar-refractivity contribution is 0.0833. The molecule has 7 nitrogen and oxygen atoms in total. The van der Waals surface area contributed by atoms with E-state index < -0.39 is 0 Å². The molecule has 0 atom stereocenters. The lowest BCUT2D eigenvalue weighted by atomic mass is 10.1. The van der Waals surface area contributed by atoms with Crippen molar-refractivity contribution in [2.24, 2.45) is 0 Å². The summed E-state index contributed by atoms with van der Waals surface area (Å²) in [5, 5.41) is 15.2. The fourth-order valence-corrected chi connectivity index (χ4v) is 2.62. The second kappa shape index (κ2) is 8.12. The summed E-state index contributed by atoms with van der Waals surface area (Å²) in [5.41, 5.74) is 1.60. The van der Waals surface area contributed by atoms with Gasteiger partial charge in [-0.25, -0.2) is 9.78 Å². The van der Waals surface area contributed by atoms with Crippen LogP contribution in [0, 0.1) is 6.92 Å². The van der Waals surface area contributed by atoms with Gasteiger partial charge in [0.05, 0.1) is 11.8 Å². The summed E-state index contributed by atoms with van der Waals surface area (Å²) in [7, 11) is 3.80. The molecular formula is C16H27N5O2. The van der Waals surface area contributed by atoms with E-state index in [4.69, 9.17) is 0 Å². The molecular weight excluding hydrogens is 294 g/mol. The maximum Gasteiger partial charge on any atom is 0.319 e. The molecule has 1 aromatic heterocycles. The fourth-order valence-electron chi connectivity index (χ4n) is 2.62. The number of piperidine rings is 1. The zero-order valence-corrected chi connectivity index (χ0v) is 14.2. The molecule has 23 heavy (non-hydrogen) atoms. The molecule has 1 aliphatic rings. The molecule has 0 saturated carbocycles. The zero-order chi connectivity index (χ0) is 16.8. The number of likely N-dealkylation sites (tertiary alicyclic amines) is 1. The molecule has 2 amide bonds. The predicted molar refractivity (Wildman–Crippen MR) is 92.0 cm³/mol. The number of nitrogens with zero attached hydrogens (tertiary/aromatic N) is 3. The molecule has 3 N–H and O–H groups in total. The Morgan fingerprint density at radius 1 is 1.39 bits per heavy atom. The number of carbonyl (C=O) groups is 1. The van der Waals surface area contributed by atoms with Crippen molar-refractivity contribution in [3.63, 3.8) is 0 Å². The van der Waals surface area contributed by atoms with Crippen molar-refractivity contribution in [1.29, 1.82) is 0 Å². The number of aliphatic hydroxyl groups is 1. The van der Waals surface area contributed by atoms with Crippen molar-refractivity contribution in [2.75, 3.05) is 50.5 Å². The van der Waals surface area contributed by atoms with E-state index in [1.54, 1.807) is 0 Å². The highest BCUT2D eigenvalue weighted by atomic mass is 16.3. The van der Waals surface area contributed by atoms with Crippen LogP contribution in [0.25, 0.3) is 0 Å². The second-order valence-corrected chi connectivity index (χ2v) is 6.17. The molecule has 128 valence electrons. The van der Waals surface area contributed by atoms with E-state index in [-0.39, 0.29) is 12.1 Å². The summed E-state index contributed by atoms with van der Waals surface area (Å²) in [6, 6.07) is 3.51. The number of pyridine rings is 1. The molecule has 1 aromatic rings. The number of aryl methyl sites for hydroxylation is 1. The summed E-state index contributed by atoms with van der Waals surface area (Å²) in [5.74, 6) is 0.741. The number of rotatable bonds is 5. The summed E-state index contributed by atoms with van der Waals surface area (Å²) in [6.07, 6.45) is 1.46. The van der Waals surface area contributed by atoms with Gasteiger partial charge >= 0.3 is 6.03 Å². The summed E-state index contributed by atoms with van der Waals surface area (Å²) < 4.78 is 0. The molecule has 0 aromatic carbocycles. The molecule has 2 rings (SSSR count). The zero-order valence-electron chi connectivity index (χ0n) is 14.2. The normalized spacial score (nSPS) is 16.2. The highest BCUT2D eigenvalue weighted by molar-refractivity contribution is 5.92. The molecule has 0 unspecified atom stereocenters. The average Bonchev–Trinajstić information content (AvgIpc) is 2.51. The number of amides is 2. The topological polar surface area (TPSA) is 80.7 Å². The number of carbonyl (C=O) groups excluding carboxylic acids is 1. The van der Waals surface area contributed by atoms with Gasteiger partial charge in [-0.15, -0.1) is 0 Å². The SMILES string of the molecule is Cc1ccc(NC(=O)NCCN2CCC(O)CC2)c(N(C)C)n1. The highest BCUT2D eigenvalue weighted by Gasteiger charge is 2.16. The number of hydrogen-bond acceptors (Lipinski definition) is 5. The minimum atomic E-state index is -0.226. The number of hydrogen-bond donors (Lipinski definition) is 3. The van der Waals surface area contributed by atoms with Gasteiger partial charge < -0.3 is 25.5 Å². The summed E-state index contributed by atoms with van der Waals surface area (Å²) in [4.78, 5) is 20.6. The minimum absolute atomic E-state index is 0.166. The summed E-state index contributed by atoms with van der Waals surface area (Å²) in [6.45, 7) is 5.08. The van der Waals surface area contributed by atoms with E-state index in [2.05, 4.69) is 20.5 Å². The van der Waals surface area contributed by atoms with Crippen LogP contribution in [0.3, 0.4) is 0 Å². The minimum Gasteiger partial charge on any atom is -0.393 e.